The lowest BCUT2D eigenvalue weighted by Crippen LogP contribution is -2.26. The number of carbonyl (C=O) groups is 1. The highest BCUT2D eigenvalue weighted by molar-refractivity contribution is 5.76. The van der Waals surface area contributed by atoms with E-state index in [4.69, 9.17) is 9.47 Å². The molecule has 2 aromatic carbocycles. The molecular formula is C23H31NO3. The van der Waals surface area contributed by atoms with Crippen LogP contribution >= 0.6 is 0 Å². The molecule has 0 spiro atoms. The topological polar surface area (TPSA) is 47.6 Å². The number of benzene rings is 2. The molecule has 146 valence electrons. The first-order valence-electron chi connectivity index (χ1n) is 9.84. The van der Waals surface area contributed by atoms with Crippen molar-refractivity contribution in [3.63, 3.8) is 0 Å². The van der Waals surface area contributed by atoms with Gasteiger partial charge in [-0.05, 0) is 62.4 Å². The van der Waals surface area contributed by atoms with Crippen LogP contribution in [0.2, 0.25) is 0 Å². The predicted molar refractivity (Wildman–Crippen MR) is 109 cm³/mol. The van der Waals surface area contributed by atoms with Gasteiger partial charge >= 0.3 is 0 Å². The van der Waals surface area contributed by atoms with Crippen LogP contribution in [0.3, 0.4) is 0 Å². The van der Waals surface area contributed by atoms with E-state index >= 15 is 0 Å². The van der Waals surface area contributed by atoms with Crippen molar-refractivity contribution < 1.29 is 14.3 Å². The molecule has 1 amide bonds. The molecule has 0 aliphatic carbocycles. The molecule has 0 aliphatic heterocycles. The molecule has 1 N–H and O–H groups in total. The molecule has 0 saturated carbocycles. The van der Waals surface area contributed by atoms with Crippen LogP contribution in [0, 0.1) is 0 Å². The number of carbonyl (C=O) groups excluding carboxylic acids is 1. The third-order valence-electron chi connectivity index (χ3n) is 4.51. The van der Waals surface area contributed by atoms with Crippen molar-refractivity contribution in [2.45, 2.75) is 53.0 Å². The lowest BCUT2D eigenvalue weighted by atomic mass is 10.0. The molecule has 0 heterocycles. The van der Waals surface area contributed by atoms with Gasteiger partial charge in [-0.25, -0.2) is 0 Å². The maximum atomic E-state index is 12.3. The van der Waals surface area contributed by atoms with Gasteiger partial charge < -0.3 is 14.8 Å². The maximum absolute atomic E-state index is 12.3. The van der Waals surface area contributed by atoms with Crippen LogP contribution in [0.1, 0.15) is 56.8 Å². The van der Waals surface area contributed by atoms with Gasteiger partial charge in [0.1, 0.15) is 0 Å². The number of rotatable bonds is 10. The van der Waals surface area contributed by atoms with Gasteiger partial charge in [0.2, 0.25) is 5.91 Å². The Morgan fingerprint density at radius 3 is 2.19 bits per heavy atom. The van der Waals surface area contributed by atoms with E-state index in [1.807, 2.05) is 39.0 Å². The van der Waals surface area contributed by atoms with Crippen molar-refractivity contribution in [2.24, 2.45) is 0 Å². The lowest BCUT2D eigenvalue weighted by molar-refractivity contribution is -0.121. The highest BCUT2D eigenvalue weighted by Gasteiger charge is 2.11. The van der Waals surface area contributed by atoms with E-state index in [1.54, 1.807) is 0 Å². The molecule has 0 bridgehead atoms. The molecule has 0 aromatic heterocycles. The number of hydrogen-bond donors (Lipinski definition) is 1. The van der Waals surface area contributed by atoms with Gasteiger partial charge in [-0.2, -0.15) is 0 Å². The van der Waals surface area contributed by atoms with Gasteiger partial charge in [-0.15, -0.1) is 0 Å². The molecule has 27 heavy (non-hydrogen) atoms. The summed E-state index contributed by atoms with van der Waals surface area (Å²) in [5.41, 5.74) is 3.50. The van der Waals surface area contributed by atoms with Crippen LogP contribution < -0.4 is 14.8 Å². The summed E-state index contributed by atoms with van der Waals surface area (Å²) in [6.45, 7) is 9.23. The van der Waals surface area contributed by atoms with Crippen LogP contribution in [0.5, 0.6) is 11.5 Å². The van der Waals surface area contributed by atoms with E-state index in [0.29, 0.717) is 26.1 Å². The Morgan fingerprint density at radius 1 is 0.926 bits per heavy atom. The van der Waals surface area contributed by atoms with Crippen LogP contribution in [-0.4, -0.2) is 19.1 Å². The maximum Gasteiger partial charge on any atom is 0.220 e. The van der Waals surface area contributed by atoms with Crippen molar-refractivity contribution in [2.75, 3.05) is 13.2 Å². The van der Waals surface area contributed by atoms with E-state index in [-0.39, 0.29) is 11.9 Å². The first-order valence-corrected chi connectivity index (χ1v) is 9.84. The third kappa shape index (κ3) is 6.31. The van der Waals surface area contributed by atoms with Crippen LogP contribution in [0.25, 0.3) is 0 Å². The smallest absolute Gasteiger partial charge is 0.220 e. The molecule has 2 aromatic rings. The Kier molecular flexibility index (Phi) is 8.18. The van der Waals surface area contributed by atoms with E-state index in [9.17, 15) is 4.79 Å². The minimum Gasteiger partial charge on any atom is -0.490 e. The van der Waals surface area contributed by atoms with Gasteiger partial charge in [0, 0.05) is 6.42 Å². The van der Waals surface area contributed by atoms with Crippen LogP contribution in [0.15, 0.2) is 42.5 Å². The summed E-state index contributed by atoms with van der Waals surface area (Å²) >= 11 is 0. The van der Waals surface area contributed by atoms with E-state index in [2.05, 4.69) is 36.5 Å². The van der Waals surface area contributed by atoms with Gasteiger partial charge in [0.15, 0.2) is 11.5 Å². The third-order valence-corrected chi connectivity index (χ3v) is 4.51. The first-order chi connectivity index (χ1) is 13.1. The molecule has 0 aliphatic rings. The number of hydrogen-bond acceptors (Lipinski definition) is 3. The van der Waals surface area contributed by atoms with Crippen molar-refractivity contribution in [3.05, 3.63) is 59.2 Å². The number of ether oxygens (including phenoxy) is 2. The summed E-state index contributed by atoms with van der Waals surface area (Å²) in [6, 6.07) is 14.3. The van der Waals surface area contributed by atoms with Crippen molar-refractivity contribution in [1.29, 1.82) is 0 Å². The molecule has 1 atom stereocenters. The van der Waals surface area contributed by atoms with Gasteiger partial charge in [-0.1, -0.05) is 37.3 Å². The highest BCUT2D eigenvalue weighted by atomic mass is 16.5. The average Bonchev–Trinajstić information content (AvgIpc) is 2.68. The Labute approximate surface area is 162 Å². The van der Waals surface area contributed by atoms with Crippen molar-refractivity contribution in [3.8, 4) is 11.5 Å². The van der Waals surface area contributed by atoms with Gasteiger partial charge in [-0.3, -0.25) is 4.79 Å². The zero-order valence-electron chi connectivity index (χ0n) is 16.9. The van der Waals surface area contributed by atoms with Crippen molar-refractivity contribution >= 4 is 5.91 Å². The van der Waals surface area contributed by atoms with Crippen LogP contribution in [0.4, 0.5) is 0 Å². The molecule has 4 nitrogen and oxygen atoms in total. The Bertz CT molecular complexity index is 725. The molecule has 2 rings (SSSR count). The van der Waals surface area contributed by atoms with Gasteiger partial charge in [0.05, 0.1) is 19.3 Å². The average molecular weight is 370 g/mol. The normalized spacial score (nSPS) is 11.7. The fourth-order valence-corrected chi connectivity index (χ4v) is 2.95. The van der Waals surface area contributed by atoms with Gasteiger partial charge in [0.25, 0.3) is 0 Å². The Hall–Kier alpha value is -2.49. The Balaban J connectivity index is 1.91. The molecule has 0 unspecified atom stereocenters. The summed E-state index contributed by atoms with van der Waals surface area (Å²) < 4.78 is 11.2. The lowest BCUT2D eigenvalue weighted by Gasteiger charge is -2.15. The Morgan fingerprint density at radius 2 is 1.56 bits per heavy atom. The minimum atomic E-state index is 0.00252. The zero-order chi connectivity index (χ0) is 19.6. The zero-order valence-corrected chi connectivity index (χ0v) is 16.9. The monoisotopic (exact) mass is 369 g/mol. The molecule has 0 radical (unpaired) electrons. The molecular weight excluding hydrogens is 338 g/mol. The molecule has 0 fully saturated rings. The summed E-state index contributed by atoms with van der Waals surface area (Å²) in [5, 5.41) is 3.08. The second-order valence-electron chi connectivity index (χ2n) is 6.53. The van der Waals surface area contributed by atoms with E-state index in [0.717, 1.165) is 29.0 Å². The van der Waals surface area contributed by atoms with Crippen LogP contribution in [-0.2, 0) is 17.6 Å². The predicted octanol–water partition coefficient (Wildman–Crippen LogP) is 4.86. The van der Waals surface area contributed by atoms with Crippen molar-refractivity contribution in [1.82, 2.24) is 5.32 Å². The largest absolute Gasteiger partial charge is 0.490 e. The minimum absolute atomic E-state index is 0.00252. The summed E-state index contributed by atoms with van der Waals surface area (Å²) in [6.07, 6.45) is 2.13. The molecule has 4 heteroatoms. The molecule has 0 saturated heterocycles. The SMILES string of the molecule is CCOc1ccc(CCC(=O)N[C@H](C)c2ccc(CC)cc2)cc1OCC. The quantitative estimate of drug-likeness (QED) is 0.651. The van der Waals surface area contributed by atoms with E-state index in [1.165, 1.54) is 5.56 Å². The second-order valence-corrected chi connectivity index (χ2v) is 6.53. The second kappa shape index (κ2) is 10.6. The summed E-state index contributed by atoms with van der Waals surface area (Å²) in [7, 11) is 0. The number of nitrogens with one attached hydrogen (secondary N) is 1. The number of aryl methyl sites for hydroxylation is 2. The summed E-state index contributed by atoms with van der Waals surface area (Å²) in [4.78, 5) is 12.3. The standard InChI is InChI=1S/C23H31NO3/c1-5-18-8-12-20(13-9-18)17(4)24-23(25)15-11-19-10-14-21(26-6-2)22(16-19)27-7-3/h8-10,12-14,16-17H,5-7,11,15H2,1-4H3,(H,24,25)/t17-/m1/s1. The first kappa shape index (κ1) is 20.8. The van der Waals surface area contributed by atoms with E-state index < -0.39 is 0 Å². The fraction of sp³-hybridized carbons (Fsp3) is 0.435. The number of amides is 1. The summed E-state index contributed by atoms with van der Waals surface area (Å²) in [5.74, 6) is 1.53. The fourth-order valence-electron chi connectivity index (χ4n) is 2.95. The highest BCUT2D eigenvalue weighted by Crippen LogP contribution is 2.29.